The van der Waals surface area contributed by atoms with Crippen molar-refractivity contribution in [2.24, 2.45) is 0 Å². The van der Waals surface area contributed by atoms with Crippen LogP contribution >= 0.6 is 23.2 Å². The molecular weight excluding hydrogens is 361 g/mol. The minimum absolute atomic E-state index is 0.0146. The number of hydrogen-bond donors (Lipinski definition) is 0. The Kier molecular flexibility index (Phi) is 5.02. The average Bonchev–Trinajstić information content (AvgIpc) is 2.92. The van der Waals surface area contributed by atoms with Gasteiger partial charge in [-0.15, -0.1) is 0 Å². The molecule has 0 fully saturated rings. The van der Waals surface area contributed by atoms with Gasteiger partial charge in [0.1, 0.15) is 0 Å². The fraction of sp³-hybridized carbons (Fsp3) is 0.263. The highest BCUT2D eigenvalue weighted by Crippen LogP contribution is 2.33. The number of ether oxygens (including phenoxy) is 1. The van der Waals surface area contributed by atoms with E-state index in [9.17, 15) is 9.59 Å². The monoisotopic (exact) mass is 377 g/mol. The summed E-state index contributed by atoms with van der Waals surface area (Å²) >= 11 is 12.0. The van der Waals surface area contributed by atoms with Crippen molar-refractivity contribution in [2.75, 3.05) is 4.90 Å². The smallest absolute Gasteiger partial charge is 0.340 e. The van der Waals surface area contributed by atoms with Gasteiger partial charge >= 0.3 is 5.97 Å². The summed E-state index contributed by atoms with van der Waals surface area (Å²) in [4.78, 5) is 26.9. The molecule has 3 rings (SSSR count). The molecule has 2 aromatic rings. The lowest BCUT2D eigenvalue weighted by Crippen LogP contribution is -2.43. The summed E-state index contributed by atoms with van der Waals surface area (Å²) in [5.74, 6) is -0.933. The quantitative estimate of drug-likeness (QED) is 0.738. The fourth-order valence-electron chi connectivity index (χ4n) is 3.03. The molecule has 0 aliphatic carbocycles. The van der Waals surface area contributed by atoms with Gasteiger partial charge in [0.2, 0.25) is 0 Å². The van der Waals surface area contributed by atoms with E-state index in [1.807, 2.05) is 31.2 Å². The van der Waals surface area contributed by atoms with Gasteiger partial charge in [0.05, 0.1) is 15.6 Å². The van der Waals surface area contributed by atoms with Crippen molar-refractivity contribution in [3.05, 3.63) is 63.6 Å². The van der Waals surface area contributed by atoms with Crippen LogP contribution in [0, 0.1) is 0 Å². The Hall–Kier alpha value is -2.04. The number of esters is 1. The number of amides is 1. The van der Waals surface area contributed by atoms with E-state index < -0.39 is 12.1 Å². The Balaban J connectivity index is 1.77. The van der Waals surface area contributed by atoms with Crippen molar-refractivity contribution in [1.29, 1.82) is 0 Å². The summed E-state index contributed by atoms with van der Waals surface area (Å²) in [5, 5.41) is 0.380. The standard InChI is InChI=1S/C19H17Cl2NO3/c1-11-10-13-6-3-4-9-16(13)22(11)18(23)12(2)25-19(24)14-7-5-8-15(20)17(14)21/h3-9,11-12H,10H2,1-2H3/t11-,12-/m1/s1. The summed E-state index contributed by atoms with van der Waals surface area (Å²) in [6.45, 7) is 3.53. The molecule has 0 saturated heterocycles. The molecule has 1 aliphatic rings. The number of benzene rings is 2. The number of para-hydroxylation sites is 1. The van der Waals surface area contributed by atoms with Gasteiger partial charge in [0.15, 0.2) is 6.10 Å². The van der Waals surface area contributed by atoms with E-state index in [0.29, 0.717) is 0 Å². The van der Waals surface area contributed by atoms with Gasteiger partial charge in [-0.1, -0.05) is 47.5 Å². The molecule has 0 bridgehead atoms. The SMILES string of the molecule is C[C@@H]1Cc2ccccc2N1C(=O)[C@@H](C)OC(=O)c1cccc(Cl)c1Cl. The normalized spacial score (nSPS) is 17.1. The van der Waals surface area contributed by atoms with Crippen LogP contribution in [0.1, 0.15) is 29.8 Å². The molecule has 130 valence electrons. The maximum atomic E-state index is 12.8. The topological polar surface area (TPSA) is 46.6 Å². The number of carbonyl (C=O) groups is 2. The molecule has 6 heteroatoms. The molecule has 1 amide bonds. The van der Waals surface area contributed by atoms with Crippen LogP contribution < -0.4 is 4.90 Å². The molecule has 1 heterocycles. The third-order valence-electron chi connectivity index (χ3n) is 4.25. The van der Waals surface area contributed by atoms with Gasteiger partial charge in [0, 0.05) is 11.7 Å². The number of fused-ring (bicyclic) bond motifs is 1. The molecule has 2 aromatic carbocycles. The van der Waals surface area contributed by atoms with Crippen molar-refractivity contribution in [2.45, 2.75) is 32.4 Å². The number of halogens is 2. The van der Waals surface area contributed by atoms with E-state index >= 15 is 0 Å². The summed E-state index contributed by atoms with van der Waals surface area (Å²) in [6.07, 6.45) is -0.154. The van der Waals surface area contributed by atoms with Gasteiger partial charge in [-0.25, -0.2) is 4.79 Å². The molecule has 0 unspecified atom stereocenters. The van der Waals surface area contributed by atoms with E-state index in [1.165, 1.54) is 6.07 Å². The van der Waals surface area contributed by atoms with E-state index in [-0.39, 0.29) is 27.6 Å². The Labute approximate surface area is 156 Å². The zero-order valence-corrected chi connectivity index (χ0v) is 15.3. The Morgan fingerprint density at radius 2 is 1.88 bits per heavy atom. The van der Waals surface area contributed by atoms with Crippen molar-refractivity contribution in [3.63, 3.8) is 0 Å². The van der Waals surface area contributed by atoms with Crippen molar-refractivity contribution >= 4 is 40.8 Å². The molecule has 0 saturated carbocycles. The Morgan fingerprint density at radius 1 is 1.16 bits per heavy atom. The van der Waals surface area contributed by atoms with Gasteiger partial charge in [0.25, 0.3) is 5.91 Å². The highest BCUT2D eigenvalue weighted by atomic mass is 35.5. The summed E-state index contributed by atoms with van der Waals surface area (Å²) in [7, 11) is 0. The molecule has 0 aromatic heterocycles. The number of carbonyl (C=O) groups excluding carboxylic acids is 2. The molecule has 0 N–H and O–H groups in total. The maximum absolute atomic E-state index is 12.8. The highest BCUT2D eigenvalue weighted by molar-refractivity contribution is 6.43. The summed E-state index contributed by atoms with van der Waals surface area (Å²) in [6, 6.07) is 12.5. The van der Waals surface area contributed by atoms with E-state index in [0.717, 1.165) is 17.7 Å². The van der Waals surface area contributed by atoms with Crippen molar-refractivity contribution in [1.82, 2.24) is 0 Å². The first-order valence-electron chi connectivity index (χ1n) is 7.96. The van der Waals surface area contributed by atoms with E-state index in [2.05, 4.69) is 0 Å². The lowest BCUT2D eigenvalue weighted by Gasteiger charge is -2.26. The third-order valence-corrected chi connectivity index (χ3v) is 5.07. The van der Waals surface area contributed by atoms with Crippen LogP contribution in [-0.4, -0.2) is 24.0 Å². The Bertz CT molecular complexity index is 837. The predicted molar refractivity (Wildman–Crippen MR) is 98.4 cm³/mol. The second-order valence-electron chi connectivity index (χ2n) is 6.04. The highest BCUT2D eigenvalue weighted by Gasteiger charge is 2.34. The number of rotatable bonds is 3. The number of nitrogens with zero attached hydrogens (tertiary/aromatic N) is 1. The molecule has 2 atom stereocenters. The van der Waals surface area contributed by atoms with Crippen molar-refractivity contribution < 1.29 is 14.3 Å². The van der Waals surface area contributed by atoms with Gasteiger partial charge in [-0.3, -0.25) is 4.79 Å². The van der Waals surface area contributed by atoms with Gasteiger partial charge in [-0.05, 0) is 44.0 Å². The maximum Gasteiger partial charge on any atom is 0.340 e. The molecule has 25 heavy (non-hydrogen) atoms. The molecule has 1 aliphatic heterocycles. The molecule has 0 radical (unpaired) electrons. The van der Waals surface area contributed by atoms with Crippen LogP contribution in [0.4, 0.5) is 5.69 Å². The fourth-order valence-corrected chi connectivity index (χ4v) is 3.41. The lowest BCUT2D eigenvalue weighted by molar-refractivity contribution is -0.126. The third kappa shape index (κ3) is 3.37. The summed E-state index contributed by atoms with van der Waals surface area (Å²) in [5.41, 5.74) is 2.12. The van der Waals surface area contributed by atoms with Crippen LogP contribution in [0.15, 0.2) is 42.5 Å². The van der Waals surface area contributed by atoms with Crippen LogP contribution in [0.25, 0.3) is 0 Å². The molecular formula is C19H17Cl2NO3. The first-order valence-corrected chi connectivity index (χ1v) is 8.71. The van der Waals surface area contributed by atoms with Crippen LogP contribution in [0.2, 0.25) is 10.0 Å². The van der Waals surface area contributed by atoms with Crippen LogP contribution in [0.5, 0.6) is 0 Å². The molecule has 4 nitrogen and oxygen atoms in total. The van der Waals surface area contributed by atoms with Crippen molar-refractivity contribution in [3.8, 4) is 0 Å². The predicted octanol–water partition coefficient (Wildman–Crippen LogP) is 4.52. The van der Waals surface area contributed by atoms with Crippen LogP contribution in [0.3, 0.4) is 0 Å². The molecule has 0 spiro atoms. The minimum atomic E-state index is -0.934. The average molecular weight is 378 g/mol. The second kappa shape index (κ2) is 7.06. The summed E-state index contributed by atoms with van der Waals surface area (Å²) < 4.78 is 5.34. The lowest BCUT2D eigenvalue weighted by atomic mass is 10.1. The zero-order chi connectivity index (χ0) is 18.1. The van der Waals surface area contributed by atoms with Crippen LogP contribution in [-0.2, 0) is 16.0 Å². The van der Waals surface area contributed by atoms with Gasteiger partial charge < -0.3 is 9.64 Å². The van der Waals surface area contributed by atoms with E-state index in [1.54, 1.807) is 24.0 Å². The zero-order valence-electron chi connectivity index (χ0n) is 13.8. The number of anilines is 1. The Morgan fingerprint density at radius 3 is 2.64 bits per heavy atom. The van der Waals surface area contributed by atoms with E-state index in [4.69, 9.17) is 27.9 Å². The van der Waals surface area contributed by atoms with Gasteiger partial charge in [-0.2, -0.15) is 0 Å². The largest absolute Gasteiger partial charge is 0.449 e. The first kappa shape index (κ1) is 17.8. The number of hydrogen-bond acceptors (Lipinski definition) is 3. The first-order chi connectivity index (χ1) is 11.9. The second-order valence-corrected chi connectivity index (χ2v) is 6.82. The minimum Gasteiger partial charge on any atom is -0.449 e.